The Bertz CT molecular complexity index is 308. The average molecular weight is 230 g/mol. The summed E-state index contributed by atoms with van der Waals surface area (Å²) in [5.74, 6) is 0. The number of alkyl halides is 2. The summed E-state index contributed by atoms with van der Waals surface area (Å²) < 4.78 is 28.5. The maximum atomic E-state index is 11.8. The standard InChI is InChI=1S/C11H16F2N2O/c1-2-4-14-9-3-5-15-10(6-9)7-16-8-11(12)13/h3,5-6,11H,2,4,7-8H2,1H3,(H,14,15). The van der Waals surface area contributed by atoms with E-state index in [0.717, 1.165) is 18.7 Å². The predicted molar refractivity (Wildman–Crippen MR) is 58.7 cm³/mol. The molecule has 0 saturated heterocycles. The molecule has 3 nitrogen and oxygen atoms in total. The minimum Gasteiger partial charge on any atom is -0.385 e. The van der Waals surface area contributed by atoms with Gasteiger partial charge in [0.2, 0.25) is 0 Å². The third-order valence-corrected chi connectivity index (χ3v) is 1.89. The van der Waals surface area contributed by atoms with Crippen LogP contribution in [0.2, 0.25) is 0 Å². The highest BCUT2D eigenvalue weighted by Crippen LogP contribution is 2.09. The van der Waals surface area contributed by atoms with Crippen molar-refractivity contribution < 1.29 is 13.5 Å². The first-order valence-corrected chi connectivity index (χ1v) is 5.27. The number of anilines is 1. The van der Waals surface area contributed by atoms with E-state index in [1.54, 1.807) is 12.3 Å². The Balaban J connectivity index is 2.40. The van der Waals surface area contributed by atoms with Crippen LogP contribution >= 0.6 is 0 Å². The van der Waals surface area contributed by atoms with Crippen molar-refractivity contribution in [3.05, 3.63) is 24.0 Å². The molecule has 0 aliphatic rings. The molecule has 1 aromatic rings. The van der Waals surface area contributed by atoms with E-state index in [1.165, 1.54) is 0 Å². The molecule has 1 heterocycles. The fraction of sp³-hybridized carbons (Fsp3) is 0.545. The van der Waals surface area contributed by atoms with Crippen LogP contribution in [0.5, 0.6) is 0 Å². The van der Waals surface area contributed by atoms with Gasteiger partial charge in [-0.3, -0.25) is 4.98 Å². The second-order valence-corrected chi connectivity index (χ2v) is 3.37. The van der Waals surface area contributed by atoms with Gasteiger partial charge >= 0.3 is 0 Å². The maximum absolute atomic E-state index is 11.8. The van der Waals surface area contributed by atoms with Gasteiger partial charge in [0.05, 0.1) is 12.3 Å². The van der Waals surface area contributed by atoms with E-state index in [2.05, 4.69) is 17.2 Å². The van der Waals surface area contributed by atoms with Crippen LogP contribution in [0.1, 0.15) is 19.0 Å². The maximum Gasteiger partial charge on any atom is 0.261 e. The molecular formula is C11H16F2N2O. The number of pyridine rings is 1. The molecule has 1 N–H and O–H groups in total. The van der Waals surface area contributed by atoms with Gasteiger partial charge in [-0.15, -0.1) is 0 Å². The Kier molecular flexibility index (Phi) is 5.71. The molecule has 1 rings (SSSR count). The topological polar surface area (TPSA) is 34.2 Å². The quantitative estimate of drug-likeness (QED) is 0.782. The summed E-state index contributed by atoms with van der Waals surface area (Å²) in [6.07, 6.45) is 0.236. The molecule has 0 amide bonds. The summed E-state index contributed by atoms with van der Waals surface area (Å²) in [6.45, 7) is 2.52. The minimum absolute atomic E-state index is 0.117. The zero-order valence-electron chi connectivity index (χ0n) is 9.25. The smallest absolute Gasteiger partial charge is 0.261 e. The summed E-state index contributed by atoms with van der Waals surface area (Å²) >= 11 is 0. The monoisotopic (exact) mass is 230 g/mol. The zero-order chi connectivity index (χ0) is 11.8. The molecular weight excluding hydrogens is 214 g/mol. The lowest BCUT2D eigenvalue weighted by molar-refractivity contribution is 0.00885. The van der Waals surface area contributed by atoms with Crippen molar-refractivity contribution in [2.24, 2.45) is 0 Å². The molecule has 0 saturated carbocycles. The lowest BCUT2D eigenvalue weighted by atomic mass is 10.3. The minimum atomic E-state index is -2.43. The first kappa shape index (κ1) is 12.8. The van der Waals surface area contributed by atoms with Crippen molar-refractivity contribution >= 4 is 5.69 Å². The van der Waals surface area contributed by atoms with Gasteiger partial charge in [0.25, 0.3) is 6.43 Å². The van der Waals surface area contributed by atoms with Crippen molar-refractivity contribution in [2.45, 2.75) is 26.4 Å². The Morgan fingerprint density at radius 2 is 2.31 bits per heavy atom. The molecule has 0 aliphatic carbocycles. The van der Waals surface area contributed by atoms with Gasteiger partial charge in [0, 0.05) is 18.4 Å². The van der Waals surface area contributed by atoms with Gasteiger partial charge in [-0.1, -0.05) is 6.92 Å². The number of nitrogens with zero attached hydrogens (tertiary/aromatic N) is 1. The number of rotatable bonds is 7. The second kappa shape index (κ2) is 7.11. The van der Waals surface area contributed by atoms with Crippen LogP contribution in [0.3, 0.4) is 0 Å². The van der Waals surface area contributed by atoms with Gasteiger partial charge < -0.3 is 10.1 Å². The molecule has 0 atom stereocenters. The highest BCUT2D eigenvalue weighted by atomic mass is 19.3. The van der Waals surface area contributed by atoms with Crippen LogP contribution < -0.4 is 5.32 Å². The van der Waals surface area contributed by atoms with Crippen LogP contribution in [0.4, 0.5) is 14.5 Å². The number of hydrogen-bond donors (Lipinski definition) is 1. The molecule has 1 aromatic heterocycles. The van der Waals surface area contributed by atoms with E-state index in [4.69, 9.17) is 4.74 Å². The normalized spacial score (nSPS) is 10.8. The van der Waals surface area contributed by atoms with Crippen molar-refractivity contribution in [3.63, 3.8) is 0 Å². The van der Waals surface area contributed by atoms with Gasteiger partial charge in [-0.25, -0.2) is 8.78 Å². The fourth-order valence-corrected chi connectivity index (χ4v) is 1.19. The molecule has 5 heteroatoms. The summed E-state index contributed by atoms with van der Waals surface area (Å²) in [5.41, 5.74) is 1.59. The van der Waals surface area contributed by atoms with E-state index in [-0.39, 0.29) is 6.61 Å². The Hall–Kier alpha value is -1.23. The predicted octanol–water partition coefficient (Wildman–Crippen LogP) is 2.69. The number of halogens is 2. The molecule has 0 fully saturated rings. The number of ether oxygens (including phenoxy) is 1. The van der Waals surface area contributed by atoms with Crippen molar-refractivity contribution in [1.82, 2.24) is 4.98 Å². The van der Waals surface area contributed by atoms with Gasteiger partial charge in [-0.05, 0) is 18.6 Å². The van der Waals surface area contributed by atoms with Crippen LogP contribution in [0.25, 0.3) is 0 Å². The van der Waals surface area contributed by atoms with Crippen LogP contribution in [0.15, 0.2) is 18.3 Å². The van der Waals surface area contributed by atoms with Gasteiger partial charge in [0.15, 0.2) is 0 Å². The van der Waals surface area contributed by atoms with Crippen LogP contribution in [-0.4, -0.2) is 24.6 Å². The van der Waals surface area contributed by atoms with E-state index < -0.39 is 13.0 Å². The molecule has 0 radical (unpaired) electrons. The molecule has 0 spiro atoms. The first-order chi connectivity index (χ1) is 7.72. The first-order valence-electron chi connectivity index (χ1n) is 5.27. The second-order valence-electron chi connectivity index (χ2n) is 3.37. The van der Waals surface area contributed by atoms with Crippen molar-refractivity contribution in [3.8, 4) is 0 Å². The Morgan fingerprint density at radius 1 is 1.50 bits per heavy atom. The van der Waals surface area contributed by atoms with E-state index in [1.807, 2.05) is 6.07 Å². The van der Waals surface area contributed by atoms with E-state index in [9.17, 15) is 8.78 Å². The zero-order valence-corrected chi connectivity index (χ0v) is 9.25. The highest BCUT2D eigenvalue weighted by Gasteiger charge is 2.03. The highest BCUT2D eigenvalue weighted by molar-refractivity contribution is 5.42. The summed E-state index contributed by atoms with van der Waals surface area (Å²) in [4.78, 5) is 4.03. The summed E-state index contributed by atoms with van der Waals surface area (Å²) in [5, 5.41) is 3.19. The fourth-order valence-electron chi connectivity index (χ4n) is 1.19. The molecule has 0 aliphatic heterocycles. The summed E-state index contributed by atoms with van der Waals surface area (Å²) in [7, 11) is 0. The van der Waals surface area contributed by atoms with Crippen molar-refractivity contribution in [2.75, 3.05) is 18.5 Å². The molecule has 0 unspecified atom stereocenters. The molecule has 16 heavy (non-hydrogen) atoms. The van der Waals surface area contributed by atoms with E-state index in [0.29, 0.717) is 5.69 Å². The van der Waals surface area contributed by atoms with Crippen molar-refractivity contribution in [1.29, 1.82) is 0 Å². The number of nitrogens with one attached hydrogen (secondary N) is 1. The molecule has 0 bridgehead atoms. The van der Waals surface area contributed by atoms with Crippen LogP contribution in [-0.2, 0) is 11.3 Å². The molecule has 0 aromatic carbocycles. The summed E-state index contributed by atoms with van der Waals surface area (Å²) in [6, 6.07) is 3.65. The Labute approximate surface area is 93.8 Å². The third kappa shape index (κ3) is 5.02. The van der Waals surface area contributed by atoms with E-state index >= 15 is 0 Å². The lowest BCUT2D eigenvalue weighted by Crippen LogP contribution is -2.06. The average Bonchev–Trinajstić information content (AvgIpc) is 2.26. The van der Waals surface area contributed by atoms with Crippen LogP contribution in [0, 0.1) is 0 Å². The Morgan fingerprint density at radius 3 is 3.00 bits per heavy atom. The SMILES string of the molecule is CCCNc1ccnc(COCC(F)F)c1. The third-order valence-electron chi connectivity index (χ3n) is 1.89. The number of aromatic nitrogens is 1. The van der Waals surface area contributed by atoms with Gasteiger partial charge in [0.1, 0.15) is 6.61 Å². The molecule has 90 valence electrons. The largest absolute Gasteiger partial charge is 0.385 e. The van der Waals surface area contributed by atoms with Gasteiger partial charge in [-0.2, -0.15) is 0 Å². The number of hydrogen-bond acceptors (Lipinski definition) is 3. The lowest BCUT2D eigenvalue weighted by Gasteiger charge is -2.07.